The van der Waals surface area contributed by atoms with Crippen LogP contribution in [0.25, 0.3) is 0 Å². The van der Waals surface area contributed by atoms with Crippen molar-refractivity contribution in [3.8, 4) is 0 Å². The number of rotatable bonds is 9. The van der Waals surface area contributed by atoms with E-state index in [0.29, 0.717) is 13.2 Å². The highest BCUT2D eigenvalue weighted by Gasteiger charge is 2.37. The van der Waals surface area contributed by atoms with E-state index in [0.717, 1.165) is 25.7 Å². The van der Waals surface area contributed by atoms with Gasteiger partial charge >= 0.3 is 0 Å². The number of hydrogen-bond donors (Lipinski definition) is 2. The molecule has 0 aromatic heterocycles. The van der Waals surface area contributed by atoms with Gasteiger partial charge in [0.15, 0.2) is 19.7 Å². The summed E-state index contributed by atoms with van der Waals surface area (Å²) in [5.74, 6) is -0.183. The van der Waals surface area contributed by atoms with Crippen LogP contribution in [0.15, 0.2) is 0 Å². The van der Waals surface area contributed by atoms with Crippen LogP contribution in [-0.4, -0.2) is 86.2 Å². The van der Waals surface area contributed by atoms with E-state index in [2.05, 4.69) is 10.6 Å². The Kier molecular flexibility index (Phi) is 10.1. The Labute approximate surface area is 198 Å². The monoisotopic (exact) mass is 540 g/mol. The van der Waals surface area contributed by atoms with Crippen molar-refractivity contribution in [2.24, 2.45) is 0 Å². The van der Waals surface area contributed by atoms with Crippen LogP contribution >= 0.6 is 47.6 Å². The number of sulfone groups is 2. The van der Waals surface area contributed by atoms with Crippen molar-refractivity contribution in [2.45, 2.75) is 48.5 Å². The highest BCUT2D eigenvalue weighted by Crippen LogP contribution is 2.19. The summed E-state index contributed by atoms with van der Waals surface area (Å²) in [7, 11) is -6.24. The van der Waals surface area contributed by atoms with Gasteiger partial charge in [0.05, 0.1) is 59.1 Å². The minimum Gasteiger partial charge on any atom is -0.471 e. The van der Waals surface area contributed by atoms with Gasteiger partial charge in [0.25, 0.3) is 10.3 Å². The molecule has 4 atom stereocenters. The molecule has 0 saturated carbocycles. The molecule has 2 aliphatic rings. The van der Waals surface area contributed by atoms with E-state index in [1.807, 2.05) is 0 Å². The summed E-state index contributed by atoms with van der Waals surface area (Å²) in [6.45, 7) is 0.846. The first-order valence-electron chi connectivity index (χ1n) is 9.53. The van der Waals surface area contributed by atoms with E-state index in [-0.39, 0.29) is 33.4 Å². The summed E-state index contributed by atoms with van der Waals surface area (Å²) in [4.78, 5) is 0. The van der Waals surface area contributed by atoms with Gasteiger partial charge in [0, 0.05) is 0 Å². The molecule has 0 aromatic rings. The molecule has 0 radical (unpaired) electrons. The molecule has 30 heavy (non-hydrogen) atoms. The maximum Gasteiger partial charge on any atom is 0.256 e. The SMILES string of the molecule is O=S1(=O)CC(Cl)C(NC(=S)OCCCCCCOC(=S)NC2CS(=O)(=O)CC2Cl)C1. The maximum absolute atomic E-state index is 11.5. The van der Waals surface area contributed by atoms with E-state index in [1.165, 1.54) is 0 Å². The predicted molar refractivity (Wildman–Crippen MR) is 126 cm³/mol. The molecule has 0 spiro atoms. The Morgan fingerprint density at radius 3 is 1.40 bits per heavy atom. The number of thiocarbonyl (C=S) groups is 2. The first-order chi connectivity index (χ1) is 14.0. The molecule has 0 aromatic carbocycles. The Balaban J connectivity index is 1.46. The van der Waals surface area contributed by atoms with Gasteiger partial charge in [-0.15, -0.1) is 23.2 Å². The van der Waals surface area contributed by atoms with Crippen molar-refractivity contribution >= 4 is 77.7 Å². The molecule has 0 amide bonds. The number of alkyl halides is 2. The van der Waals surface area contributed by atoms with Gasteiger partial charge in [-0.3, -0.25) is 0 Å². The molecule has 2 saturated heterocycles. The molecule has 0 bridgehead atoms. The lowest BCUT2D eigenvalue weighted by Crippen LogP contribution is -2.40. The quantitative estimate of drug-likeness (QED) is 0.251. The van der Waals surface area contributed by atoms with Crippen molar-refractivity contribution in [1.29, 1.82) is 0 Å². The van der Waals surface area contributed by atoms with Crippen molar-refractivity contribution in [3.63, 3.8) is 0 Å². The van der Waals surface area contributed by atoms with Gasteiger partial charge in [-0.25, -0.2) is 16.8 Å². The summed E-state index contributed by atoms with van der Waals surface area (Å²) in [6, 6.07) is -0.839. The van der Waals surface area contributed by atoms with Gasteiger partial charge in [0.2, 0.25) is 0 Å². The van der Waals surface area contributed by atoms with Crippen LogP contribution in [0, 0.1) is 0 Å². The van der Waals surface area contributed by atoms with Gasteiger partial charge < -0.3 is 20.1 Å². The van der Waals surface area contributed by atoms with Crippen LogP contribution in [0.5, 0.6) is 0 Å². The fourth-order valence-corrected chi connectivity index (χ4v) is 8.72. The van der Waals surface area contributed by atoms with Crippen LogP contribution in [0.3, 0.4) is 0 Å². The fourth-order valence-electron chi connectivity index (χ4n) is 3.15. The third-order valence-electron chi connectivity index (χ3n) is 4.68. The zero-order valence-corrected chi connectivity index (χ0v) is 21.0. The second-order valence-electron chi connectivity index (χ2n) is 7.37. The Morgan fingerprint density at radius 2 is 1.10 bits per heavy atom. The molecular weight excluding hydrogens is 515 g/mol. The average molecular weight is 542 g/mol. The fraction of sp³-hybridized carbons (Fsp3) is 0.875. The zero-order chi connectivity index (χ0) is 22.4. The maximum atomic E-state index is 11.5. The molecule has 174 valence electrons. The summed E-state index contributed by atoms with van der Waals surface area (Å²) in [5, 5.41) is 5.02. The Morgan fingerprint density at radius 1 is 0.733 bits per heavy atom. The molecule has 0 aliphatic carbocycles. The van der Waals surface area contributed by atoms with Crippen molar-refractivity contribution in [1.82, 2.24) is 10.6 Å². The predicted octanol–water partition coefficient (Wildman–Crippen LogP) is 1.14. The lowest BCUT2D eigenvalue weighted by atomic mass is 10.2. The normalized spacial score (nSPS) is 29.3. The zero-order valence-electron chi connectivity index (χ0n) is 16.2. The molecular formula is C16H26Cl2N2O6S4. The van der Waals surface area contributed by atoms with Crippen LogP contribution in [0.4, 0.5) is 0 Å². The molecule has 14 heteroatoms. The van der Waals surface area contributed by atoms with Gasteiger partial charge in [-0.2, -0.15) is 0 Å². The molecule has 2 rings (SSSR count). The first-order valence-corrected chi connectivity index (χ1v) is 14.9. The minimum absolute atomic E-state index is 0.0382. The van der Waals surface area contributed by atoms with Gasteiger partial charge in [-0.05, 0) is 50.1 Å². The molecule has 2 aliphatic heterocycles. The molecule has 8 nitrogen and oxygen atoms in total. The third kappa shape index (κ3) is 9.15. The van der Waals surface area contributed by atoms with Crippen LogP contribution in [0.2, 0.25) is 0 Å². The summed E-state index contributed by atoms with van der Waals surface area (Å²) < 4.78 is 56.9. The number of nitrogens with one attached hydrogen (secondary N) is 2. The first kappa shape index (κ1) is 26.1. The largest absolute Gasteiger partial charge is 0.471 e. The summed E-state index contributed by atoms with van der Waals surface area (Å²) in [6.07, 6.45) is 3.36. The summed E-state index contributed by atoms with van der Waals surface area (Å²) in [5.41, 5.74) is 0. The van der Waals surface area contributed by atoms with Crippen molar-refractivity contribution < 1.29 is 26.3 Å². The lowest BCUT2D eigenvalue weighted by Gasteiger charge is -2.17. The number of hydrogen-bond acceptors (Lipinski definition) is 8. The number of unbranched alkanes of at least 4 members (excludes halogenated alkanes) is 3. The van der Waals surface area contributed by atoms with Gasteiger partial charge in [0.1, 0.15) is 0 Å². The van der Waals surface area contributed by atoms with Gasteiger partial charge in [-0.1, -0.05) is 0 Å². The smallest absolute Gasteiger partial charge is 0.256 e. The molecule has 2 N–H and O–H groups in total. The highest BCUT2D eigenvalue weighted by molar-refractivity contribution is 7.92. The van der Waals surface area contributed by atoms with Crippen molar-refractivity contribution in [2.75, 3.05) is 36.2 Å². The van der Waals surface area contributed by atoms with E-state index in [4.69, 9.17) is 57.1 Å². The van der Waals surface area contributed by atoms with Crippen LogP contribution in [-0.2, 0) is 29.1 Å². The Bertz CT molecular complexity index is 756. The van der Waals surface area contributed by atoms with Crippen LogP contribution < -0.4 is 10.6 Å². The van der Waals surface area contributed by atoms with E-state index in [9.17, 15) is 16.8 Å². The standard InChI is InChI=1S/C16H26Cl2N2O6S4/c17-11-7-29(21,22)9-13(11)19-15(27)25-5-3-1-2-4-6-26-16(28)20-14-10-30(23,24)8-12(14)18/h11-14H,1-10H2,(H,19,27)(H,20,28). The van der Waals surface area contributed by atoms with E-state index in [1.54, 1.807) is 0 Å². The van der Waals surface area contributed by atoms with E-state index < -0.39 is 42.5 Å². The average Bonchev–Trinajstić information content (AvgIpc) is 3.02. The second kappa shape index (κ2) is 11.6. The number of halogens is 2. The topological polar surface area (TPSA) is 111 Å². The Hall–Kier alpha value is -0.140. The van der Waals surface area contributed by atoms with Crippen LogP contribution in [0.1, 0.15) is 25.7 Å². The van der Waals surface area contributed by atoms with E-state index >= 15 is 0 Å². The second-order valence-corrected chi connectivity index (χ2v) is 13.5. The molecule has 2 fully saturated rings. The minimum atomic E-state index is -3.12. The molecule has 2 heterocycles. The molecule has 4 unspecified atom stereocenters. The third-order valence-corrected chi connectivity index (χ3v) is 9.90. The number of ether oxygens (including phenoxy) is 2. The lowest BCUT2D eigenvalue weighted by molar-refractivity contribution is 0.267. The highest BCUT2D eigenvalue weighted by atomic mass is 35.5. The van der Waals surface area contributed by atoms with Crippen molar-refractivity contribution in [3.05, 3.63) is 0 Å². The summed E-state index contributed by atoms with van der Waals surface area (Å²) >= 11 is 22.2.